The second-order valence-corrected chi connectivity index (χ2v) is 2.39. The van der Waals surface area contributed by atoms with E-state index in [1.807, 2.05) is 0 Å². The van der Waals surface area contributed by atoms with Crippen LogP contribution in [0.15, 0.2) is 18.9 Å². The third-order valence-corrected chi connectivity index (χ3v) is 1.49. The summed E-state index contributed by atoms with van der Waals surface area (Å²) in [7, 11) is 0. The number of aromatic nitrogens is 2. The third kappa shape index (κ3) is 1.79. The van der Waals surface area contributed by atoms with Crippen LogP contribution in [0.1, 0.15) is 11.4 Å². The number of nitrogen functional groups attached to an aromatic ring is 1. The lowest BCUT2D eigenvalue weighted by molar-refractivity contribution is 0.947. The summed E-state index contributed by atoms with van der Waals surface area (Å²) in [4.78, 5) is 8.11. The Morgan fingerprint density at radius 3 is 2.83 bits per heavy atom. The van der Waals surface area contributed by atoms with E-state index in [4.69, 9.17) is 11.5 Å². The molecule has 4 nitrogen and oxygen atoms in total. The lowest BCUT2D eigenvalue weighted by Crippen LogP contribution is -2.06. The summed E-state index contributed by atoms with van der Waals surface area (Å²) >= 11 is 0. The van der Waals surface area contributed by atoms with E-state index in [1.54, 1.807) is 12.3 Å². The van der Waals surface area contributed by atoms with Gasteiger partial charge < -0.3 is 11.5 Å². The first-order valence-corrected chi connectivity index (χ1v) is 3.69. The highest BCUT2D eigenvalue weighted by atomic mass is 14.9. The molecule has 1 heterocycles. The molecule has 0 unspecified atom stereocenters. The van der Waals surface area contributed by atoms with Crippen LogP contribution in [0.25, 0.3) is 0 Å². The largest absolute Gasteiger partial charge is 0.383 e. The minimum Gasteiger partial charge on any atom is -0.383 e. The van der Waals surface area contributed by atoms with Gasteiger partial charge in [-0.2, -0.15) is 0 Å². The van der Waals surface area contributed by atoms with Gasteiger partial charge in [0.25, 0.3) is 0 Å². The van der Waals surface area contributed by atoms with Crippen molar-refractivity contribution in [3.63, 3.8) is 0 Å². The third-order valence-electron chi connectivity index (χ3n) is 1.49. The van der Waals surface area contributed by atoms with Crippen molar-refractivity contribution in [2.75, 3.05) is 5.73 Å². The quantitative estimate of drug-likeness (QED) is 0.627. The highest BCUT2D eigenvalue weighted by Gasteiger charge is 2.00. The van der Waals surface area contributed by atoms with E-state index in [1.165, 1.54) is 0 Å². The summed E-state index contributed by atoms with van der Waals surface area (Å²) in [5, 5.41) is 0. The van der Waals surface area contributed by atoms with Crippen molar-refractivity contribution in [2.45, 2.75) is 13.0 Å². The van der Waals surface area contributed by atoms with Crippen LogP contribution in [0.3, 0.4) is 0 Å². The normalized spacial score (nSPS) is 9.75. The van der Waals surface area contributed by atoms with Gasteiger partial charge >= 0.3 is 0 Å². The van der Waals surface area contributed by atoms with Gasteiger partial charge in [0.05, 0.1) is 0 Å². The molecule has 0 spiro atoms. The molecule has 0 saturated heterocycles. The van der Waals surface area contributed by atoms with Gasteiger partial charge in [-0.25, -0.2) is 9.97 Å². The Balaban J connectivity index is 2.93. The molecule has 1 aromatic rings. The minimum absolute atomic E-state index is 0.375. The molecule has 0 aliphatic rings. The van der Waals surface area contributed by atoms with E-state index in [0.29, 0.717) is 24.6 Å². The summed E-state index contributed by atoms with van der Waals surface area (Å²) < 4.78 is 0. The number of rotatable bonds is 3. The predicted octanol–water partition coefficient (Wildman–Crippen LogP) is 0.246. The van der Waals surface area contributed by atoms with Crippen molar-refractivity contribution >= 4 is 5.82 Å². The predicted molar refractivity (Wildman–Crippen MR) is 48.2 cm³/mol. The first kappa shape index (κ1) is 8.67. The number of anilines is 1. The zero-order valence-electron chi connectivity index (χ0n) is 6.83. The standard InChI is InChI=1S/C8H12N4/c1-2-3-7-11-5-6(4-9)8(10)12-7/h2,5H,1,3-4,9H2,(H2,10,11,12). The summed E-state index contributed by atoms with van der Waals surface area (Å²) in [5.74, 6) is 1.14. The van der Waals surface area contributed by atoms with Gasteiger partial charge in [-0.3, -0.25) is 0 Å². The number of nitrogens with two attached hydrogens (primary N) is 2. The zero-order chi connectivity index (χ0) is 8.97. The highest BCUT2D eigenvalue weighted by molar-refractivity contribution is 5.37. The SMILES string of the molecule is C=CCc1ncc(CN)c(N)n1. The smallest absolute Gasteiger partial charge is 0.134 e. The summed E-state index contributed by atoms with van der Waals surface area (Å²) in [6.45, 7) is 3.96. The Labute approximate surface area is 71.3 Å². The fourth-order valence-corrected chi connectivity index (χ4v) is 0.843. The number of hydrogen-bond donors (Lipinski definition) is 2. The van der Waals surface area contributed by atoms with E-state index in [9.17, 15) is 0 Å². The fraction of sp³-hybridized carbons (Fsp3) is 0.250. The maximum Gasteiger partial charge on any atom is 0.134 e. The second kappa shape index (κ2) is 3.82. The maximum atomic E-state index is 5.60. The van der Waals surface area contributed by atoms with Crippen LogP contribution in [0, 0.1) is 0 Å². The molecular weight excluding hydrogens is 152 g/mol. The van der Waals surface area contributed by atoms with Crippen molar-refractivity contribution in [2.24, 2.45) is 5.73 Å². The van der Waals surface area contributed by atoms with Crippen molar-refractivity contribution in [3.8, 4) is 0 Å². The van der Waals surface area contributed by atoms with Crippen molar-refractivity contribution in [1.29, 1.82) is 0 Å². The molecule has 0 radical (unpaired) electrons. The lowest BCUT2D eigenvalue weighted by Gasteiger charge is -2.02. The molecule has 0 bridgehead atoms. The van der Waals surface area contributed by atoms with Gasteiger partial charge in [0.1, 0.15) is 11.6 Å². The molecular formula is C8H12N4. The van der Waals surface area contributed by atoms with Gasteiger partial charge in [0.15, 0.2) is 0 Å². The molecule has 4 heteroatoms. The van der Waals surface area contributed by atoms with E-state index >= 15 is 0 Å². The molecule has 0 aliphatic heterocycles. The van der Waals surface area contributed by atoms with Crippen LogP contribution in [-0.4, -0.2) is 9.97 Å². The number of hydrogen-bond acceptors (Lipinski definition) is 4. The van der Waals surface area contributed by atoms with E-state index in [0.717, 1.165) is 5.56 Å². The van der Waals surface area contributed by atoms with Crippen LogP contribution in [0.2, 0.25) is 0 Å². The highest BCUT2D eigenvalue weighted by Crippen LogP contribution is 2.06. The Hall–Kier alpha value is -1.42. The Bertz CT molecular complexity index is 282. The monoisotopic (exact) mass is 164 g/mol. The Morgan fingerprint density at radius 2 is 2.33 bits per heavy atom. The fourth-order valence-electron chi connectivity index (χ4n) is 0.843. The molecule has 64 valence electrons. The van der Waals surface area contributed by atoms with E-state index < -0.39 is 0 Å². The van der Waals surface area contributed by atoms with Gasteiger partial charge in [0.2, 0.25) is 0 Å². The van der Waals surface area contributed by atoms with Crippen LogP contribution in [-0.2, 0) is 13.0 Å². The molecule has 0 saturated carbocycles. The van der Waals surface area contributed by atoms with Crippen molar-refractivity contribution in [1.82, 2.24) is 9.97 Å². The van der Waals surface area contributed by atoms with Gasteiger partial charge in [0, 0.05) is 24.7 Å². The van der Waals surface area contributed by atoms with Gasteiger partial charge in [-0.15, -0.1) is 6.58 Å². The maximum absolute atomic E-state index is 5.60. The minimum atomic E-state index is 0.375. The molecule has 4 N–H and O–H groups in total. The molecule has 0 fully saturated rings. The van der Waals surface area contributed by atoms with Crippen LogP contribution >= 0.6 is 0 Å². The summed E-state index contributed by atoms with van der Waals surface area (Å²) in [5.41, 5.74) is 11.8. The molecule has 1 rings (SSSR count). The Kier molecular flexibility index (Phi) is 2.76. The van der Waals surface area contributed by atoms with Crippen LogP contribution in [0.4, 0.5) is 5.82 Å². The van der Waals surface area contributed by atoms with Crippen LogP contribution in [0.5, 0.6) is 0 Å². The topological polar surface area (TPSA) is 77.8 Å². The number of nitrogens with zero attached hydrogens (tertiary/aromatic N) is 2. The van der Waals surface area contributed by atoms with Gasteiger partial charge in [-0.05, 0) is 0 Å². The average Bonchev–Trinajstić information content (AvgIpc) is 2.05. The molecule has 12 heavy (non-hydrogen) atoms. The molecule has 0 aromatic carbocycles. The summed E-state index contributed by atoms with van der Waals surface area (Å²) in [6.07, 6.45) is 4.02. The van der Waals surface area contributed by atoms with Crippen molar-refractivity contribution < 1.29 is 0 Å². The molecule has 0 atom stereocenters. The zero-order valence-corrected chi connectivity index (χ0v) is 6.83. The summed E-state index contributed by atoms with van der Waals surface area (Å²) in [6, 6.07) is 0. The van der Waals surface area contributed by atoms with E-state index in [-0.39, 0.29) is 0 Å². The van der Waals surface area contributed by atoms with Gasteiger partial charge in [-0.1, -0.05) is 6.08 Å². The van der Waals surface area contributed by atoms with Crippen LogP contribution < -0.4 is 11.5 Å². The Morgan fingerprint density at radius 1 is 1.58 bits per heavy atom. The van der Waals surface area contributed by atoms with Crippen molar-refractivity contribution in [3.05, 3.63) is 30.2 Å². The first-order valence-electron chi connectivity index (χ1n) is 3.69. The molecule has 1 aromatic heterocycles. The van der Waals surface area contributed by atoms with E-state index in [2.05, 4.69) is 16.5 Å². The lowest BCUT2D eigenvalue weighted by atomic mass is 10.3. The second-order valence-electron chi connectivity index (χ2n) is 2.39. The number of allylic oxidation sites excluding steroid dienone is 1. The average molecular weight is 164 g/mol. The molecule has 0 amide bonds. The molecule has 0 aliphatic carbocycles. The first-order chi connectivity index (χ1) is 5.77.